The molecule has 0 unspecified atom stereocenters. The van der Waals surface area contributed by atoms with E-state index in [9.17, 15) is 0 Å². The first kappa shape index (κ1) is 21.9. The molecule has 0 N–H and O–H groups in total. The normalized spacial score (nSPS) is 9.43. The number of hydrogen-bond donors (Lipinski definition) is 0. The molecule has 140 valence electrons. The van der Waals surface area contributed by atoms with Gasteiger partial charge in [0, 0.05) is 0 Å². The van der Waals surface area contributed by atoms with Gasteiger partial charge in [0.05, 0.1) is 0 Å². The fourth-order valence-corrected chi connectivity index (χ4v) is 5.01. The minimum atomic E-state index is -0.446. The first-order valence-electron chi connectivity index (χ1n) is 8.81. The van der Waals surface area contributed by atoms with Crippen LogP contribution in [0.25, 0.3) is 0 Å². The van der Waals surface area contributed by atoms with Crippen LogP contribution in [-0.4, -0.2) is 0 Å². The second-order valence-corrected chi connectivity index (χ2v) is 8.05. The van der Waals surface area contributed by atoms with E-state index in [1.807, 2.05) is 30.3 Å². The van der Waals surface area contributed by atoms with Crippen LogP contribution < -0.4 is 15.9 Å². The summed E-state index contributed by atoms with van der Waals surface area (Å²) in [6.45, 7) is 0. The summed E-state index contributed by atoms with van der Waals surface area (Å²) >= 11 is 0. The van der Waals surface area contributed by atoms with Crippen LogP contribution in [0.3, 0.4) is 0 Å². The van der Waals surface area contributed by atoms with Gasteiger partial charge in [-0.05, 0) is 23.8 Å². The van der Waals surface area contributed by atoms with Crippen LogP contribution in [0.2, 0.25) is 0 Å². The van der Waals surface area contributed by atoms with Crippen LogP contribution in [0.5, 0.6) is 0 Å². The topological polar surface area (TPSA) is 0 Å². The second kappa shape index (κ2) is 12.1. The summed E-state index contributed by atoms with van der Waals surface area (Å²) in [7, 11) is -0.446. The largest absolute Gasteiger partial charge is 1.00 e. The van der Waals surface area contributed by atoms with Gasteiger partial charge in [0.2, 0.25) is 0 Å². The SMILES string of the molecule is [Au+].[C-]#Cc1ccccc1.c1ccc(P(c2ccccc2)c2ccccc2)cc1. The average Bonchev–Trinajstić information content (AvgIpc) is 2.77. The number of rotatable bonds is 3. The van der Waals surface area contributed by atoms with E-state index >= 15 is 0 Å². The summed E-state index contributed by atoms with van der Waals surface area (Å²) in [4.78, 5) is 0. The Morgan fingerprint density at radius 1 is 0.464 bits per heavy atom. The predicted molar refractivity (Wildman–Crippen MR) is 118 cm³/mol. The van der Waals surface area contributed by atoms with Gasteiger partial charge < -0.3 is 6.42 Å². The zero-order valence-electron chi connectivity index (χ0n) is 15.3. The van der Waals surface area contributed by atoms with E-state index in [1.165, 1.54) is 15.9 Å². The molecular weight excluding hydrogens is 540 g/mol. The van der Waals surface area contributed by atoms with Crippen LogP contribution in [-0.2, 0) is 22.4 Å². The third kappa shape index (κ3) is 6.35. The predicted octanol–water partition coefficient (Wildman–Crippen LogP) is 5.07. The van der Waals surface area contributed by atoms with Gasteiger partial charge in [-0.3, -0.25) is 5.92 Å². The molecule has 0 radical (unpaired) electrons. The molecule has 0 saturated carbocycles. The van der Waals surface area contributed by atoms with E-state index in [-0.39, 0.29) is 22.4 Å². The Hall–Kier alpha value is -2.39. The first-order valence-corrected chi connectivity index (χ1v) is 10.2. The van der Waals surface area contributed by atoms with E-state index < -0.39 is 7.92 Å². The Bertz CT molecular complexity index is 868. The molecule has 0 saturated heterocycles. The summed E-state index contributed by atoms with van der Waals surface area (Å²) in [6, 6.07) is 41.7. The van der Waals surface area contributed by atoms with Gasteiger partial charge in [0.25, 0.3) is 0 Å². The van der Waals surface area contributed by atoms with Crippen molar-refractivity contribution in [3.63, 3.8) is 0 Å². The molecule has 0 aliphatic carbocycles. The molecule has 28 heavy (non-hydrogen) atoms. The van der Waals surface area contributed by atoms with Gasteiger partial charge in [-0.25, -0.2) is 0 Å². The molecule has 0 fully saturated rings. The summed E-state index contributed by atoms with van der Waals surface area (Å²) in [5.74, 6) is 2.28. The molecule has 0 nitrogen and oxygen atoms in total. The van der Waals surface area contributed by atoms with Crippen LogP contribution in [0.4, 0.5) is 0 Å². The van der Waals surface area contributed by atoms with Gasteiger partial charge in [-0.1, -0.05) is 109 Å². The molecule has 2 heteroatoms. The Morgan fingerprint density at radius 2 is 0.750 bits per heavy atom. The molecule has 0 amide bonds. The molecule has 0 spiro atoms. The van der Waals surface area contributed by atoms with Gasteiger partial charge in [-0.2, -0.15) is 0 Å². The van der Waals surface area contributed by atoms with Crippen molar-refractivity contribution in [2.24, 2.45) is 0 Å². The minimum Gasteiger partial charge on any atom is -0.366 e. The van der Waals surface area contributed by atoms with Crippen LogP contribution in [0.15, 0.2) is 121 Å². The zero-order chi connectivity index (χ0) is 18.7. The smallest absolute Gasteiger partial charge is 0.366 e. The van der Waals surface area contributed by atoms with Gasteiger partial charge in [0.1, 0.15) is 0 Å². The van der Waals surface area contributed by atoms with E-state index in [1.54, 1.807) is 0 Å². The Labute approximate surface area is 184 Å². The van der Waals surface area contributed by atoms with Gasteiger partial charge in [0.15, 0.2) is 0 Å². The van der Waals surface area contributed by atoms with Crippen molar-refractivity contribution in [1.29, 1.82) is 0 Å². The van der Waals surface area contributed by atoms with Crippen LogP contribution >= 0.6 is 7.92 Å². The van der Waals surface area contributed by atoms with Crippen molar-refractivity contribution in [3.8, 4) is 5.92 Å². The van der Waals surface area contributed by atoms with E-state index in [2.05, 4.69) is 96.9 Å². The minimum absolute atomic E-state index is 0. The Balaban J connectivity index is 0.000000264. The van der Waals surface area contributed by atoms with Crippen LogP contribution in [0, 0.1) is 12.3 Å². The molecule has 0 aliphatic heterocycles. The quantitative estimate of drug-likeness (QED) is 0.142. The fourth-order valence-electron chi connectivity index (χ4n) is 2.70. The molecule has 0 atom stereocenters. The van der Waals surface area contributed by atoms with Gasteiger partial charge in [-0.15, -0.1) is 17.7 Å². The van der Waals surface area contributed by atoms with Crippen LogP contribution in [0.1, 0.15) is 5.56 Å². The molecule has 0 aliphatic rings. The molecule has 4 rings (SSSR count). The first-order chi connectivity index (χ1) is 13.4. The van der Waals surface area contributed by atoms with Crippen molar-refractivity contribution >= 4 is 23.8 Å². The van der Waals surface area contributed by atoms with Crippen molar-refractivity contribution in [2.75, 3.05) is 0 Å². The maximum absolute atomic E-state index is 6.69. The van der Waals surface area contributed by atoms with E-state index in [0.717, 1.165) is 5.56 Å². The summed E-state index contributed by atoms with van der Waals surface area (Å²) < 4.78 is 0. The second-order valence-electron chi connectivity index (χ2n) is 5.83. The molecule has 4 aromatic rings. The van der Waals surface area contributed by atoms with E-state index in [4.69, 9.17) is 6.42 Å². The molecule has 0 bridgehead atoms. The number of benzene rings is 4. The Morgan fingerprint density at radius 3 is 1.00 bits per heavy atom. The maximum atomic E-state index is 6.69. The standard InChI is InChI=1S/C18H15P.C8H5.Au/c1-4-10-16(11-5-1)19(17-12-6-2-7-13-17)18-14-8-3-9-15-18;1-2-8-6-4-3-5-7-8;/h1-15H;3-7H;/q;-1;+1. The molecule has 0 aromatic heterocycles. The third-order valence-electron chi connectivity index (χ3n) is 3.96. The maximum Gasteiger partial charge on any atom is 1.00 e. The van der Waals surface area contributed by atoms with Crippen molar-refractivity contribution in [1.82, 2.24) is 0 Å². The van der Waals surface area contributed by atoms with Crippen molar-refractivity contribution in [3.05, 3.63) is 133 Å². The molecular formula is C26H20AuP. The summed E-state index contributed by atoms with van der Waals surface area (Å²) in [6.07, 6.45) is 6.69. The number of hydrogen-bond acceptors (Lipinski definition) is 0. The average molecular weight is 560 g/mol. The fraction of sp³-hybridized carbons (Fsp3) is 0. The Kier molecular flexibility index (Phi) is 9.50. The molecule has 0 heterocycles. The third-order valence-corrected chi connectivity index (χ3v) is 6.40. The van der Waals surface area contributed by atoms with Crippen molar-refractivity contribution in [2.45, 2.75) is 0 Å². The van der Waals surface area contributed by atoms with Gasteiger partial charge >= 0.3 is 22.4 Å². The molecule has 4 aromatic carbocycles. The van der Waals surface area contributed by atoms with E-state index in [0.29, 0.717) is 0 Å². The summed E-state index contributed by atoms with van der Waals surface area (Å²) in [5.41, 5.74) is 0.826. The zero-order valence-corrected chi connectivity index (χ0v) is 18.4. The monoisotopic (exact) mass is 560 g/mol. The van der Waals surface area contributed by atoms with Crippen molar-refractivity contribution < 1.29 is 22.4 Å². The summed E-state index contributed by atoms with van der Waals surface area (Å²) in [5, 5.41) is 4.19.